The average Bonchev–Trinajstić information content (AvgIpc) is 2.20. The summed E-state index contributed by atoms with van der Waals surface area (Å²) in [7, 11) is 0. The Kier molecular flexibility index (Phi) is 4.73. The predicted molar refractivity (Wildman–Crippen MR) is 78.1 cm³/mol. The Morgan fingerprint density at radius 3 is 2.50 bits per heavy atom. The van der Waals surface area contributed by atoms with Crippen molar-refractivity contribution in [2.24, 2.45) is 5.41 Å². The number of nitrogens with zero attached hydrogens (tertiary/aromatic N) is 1. The number of hydrogen-bond donors (Lipinski definition) is 1. The lowest BCUT2D eigenvalue weighted by atomic mass is 9.92. The molecule has 1 N–H and O–H groups in total. The lowest BCUT2D eigenvalue weighted by Crippen LogP contribution is -2.13. The van der Waals surface area contributed by atoms with Crippen molar-refractivity contribution in [1.29, 1.82) is 0 Å². The summed E-state index contributed by atoms with van der Waals surface area (Å²) in [6.07, 6.45) is 1.04. The first-order valence-electron chi connectivity index (χ1n) is 5.89. The van der Waals surface area contributed by atoms with Crippen molar-refractivity contribution in [2.45, 2.75) is 34.1 Å². The van der Waals surface area contributed by atoms with E-state index in [2.05, 4.69) is 42.0 Å². The minimum Gasteiger partial charge on any atom is -0.384 e. The van der Waals surface area contributed by atoms with Crippen molar-refractivity contribution in [3.05, 3.63) is 32.3 Å². The highest BCUT2D eigenvalue weighted by molar-refractivity contribution is 9.10. The Labute approximate surface area is 116 Å². The van der Waals surface area contributed by atoms with E-state index in [9.17, 15) is 10.1 Å². The first-order valence-corrected chi connectivity index (χ1v) is 6.68. The maximum atomic E-state index is 10.8. The summed E-state index contributed by atoms with van der Waals surface area (Å²) in [4.78, 5) is 10.4. The van der Waals surface area contributed by atoms with Crippen LogP contribution >= 0.6 is 15.9 Å². The molecule has 1 rings (SSSR count). The van der Waals surface area contributed by atoms with E-state index in [4.69, 9.17) is 0 Å². The van der Waals surface area contributed by atoms with Crippen LogP contribution in [0.5, 0.6) is 0 Å². The minimum atomic E-state index is -0.362. The summed E-state index contributed by atoms with van der Waals surface area (Å²) in [6.45, 7) is 9.15. The molecule has 0 aromatic heterocycles. The van der Waals surface area contributed by atoms with Crippen LogP contribution in [0.2, 0.25) is 0 Å². The van der Waals surface area contributed by atoms with Gasteiger partial charge in [-0.2, -0.15) is 0 Å². The first kappa shape index (κ1) is 15.0. The molecule has 1 aromatic carbocycles. The van der Waals surface area contributed by atoms with Crippen molar-refractivity contribution >= 4 is 27.3 Å². The third kappa shape index (κ3) is 4.29. The molecule has 0 saturated carbocycles. The smallest absolute Gasteiger partial charge is 0.273 e. The van der Waals surface area contributed by atoms with Crippen molar-refractivity contribution in [2.75, 3.05) is 11.9 Å². The molecule has 0 spiro atoms. The van der Waals surface area contributed by atoms with Crippen LogP contribution in [0.3, 0.4) is 0 Å². The van der Waals surface area contributed by atoms with Crippen LogP contribution in [0.25, 0.3) is 0 Å². The molecule has 5 heteroatoms. The Hall–Kier alpha value is -1.10. The zero-order valence-electron chi connectivity index (χ0n) is 11.2. The summed E-state index contributed by atoms with van der Waals surface area (Å²) in [5.41, 5.74) is 1.99. The zero-order valence-corrected chi connectivity index (χ0v) is 12.8. The van der Waals surface area contributed by atoms with Gasteiger partial charge in [0, 0.05) is 28.3 Å². The van der Waals surface area contributed by atoms with Crippen molar-refractivity contribution < 1.29 is 4.92 Å². The second-order valence-corrected chi connectivity index (χ2v) is 6.47. The minimum absolute atomic E-state index is 0.142. The number of rotatable bonds is 4. The molecule has 0 unspecified atom stereocenters. The van der Waals surface area contributed by atoms with Crippen molar-refractivity contribution in [3.8, 4) is 0 Å². The first-order chi connectivity index (χ1) is 8.20. The fraction of sp³-hybridized carbons (Fsp3) is 0.538. The highest BCUT2D eigenvalue weighted by Gasteiger charge is 2.15. The second kappa shape index (κ2) is 5.69. The van der Waals surface area contributed by atoms with E-state index in [0.717, 1.165) is 23.1 Å². The van der Waals surface area contributed by atoms with Gasteiger partial charge >= 0.3 is 0 Å². The van der Waals surface area contributed by atoms with Gasteiger partial charge in [-0.15, -0.1) is 0 Å². The molecule has 4 nitrogen and oxygen atoms in total. The van der Waals surface area contributed by atoms with Gasteiger partial charge in [0.05, 0.1) is 4.92 Å². The van der Waals surface area contributed by atoms with Gasteiger partial charge in [-0.3, -0.25) is 10.1 Å². The predicted octanol–water partition coefficient (Wildman–Crippen LogP) is 4.51. The summed E-state index contributed by atoms with van der Waals surface area (Å²) in [5.74, 6) is 0. The van der Waals surface area contributed by atoms with Gasteiger partial charge in [0.2, 0.25) is 0 Å². The summed E-state index contributed by atoms with van der Waals surface area (Å²) in [5, 5.41) is 14.1. The van der Waals surface area contributed by atoms with E-state index in [1.807, 2.05) is 6.07 Å². The van der Waals surface area contributed by atoms with Gasteiger partial charge in [0.1, 0.15) is 0 Å². The maximum absolute atomic E-state index is 10.8. The fourth-order valence-corrected chi connectivity index (χ4v) is 2.05. The fourth-order valence-electron chi connectivity index (χ4n) is 1.58. The van der Waals surface area contributed by atoms with E-state index in [-0.39, 0.29) is 16.0 Å². The topological polar surface area (TPSA) is 55.2 Å². The molecule has 0 aliphatic rings. The van der Waals surface area contributed by atoms with Gasteiger partial charge in [-0.05, 0) is 40.8 Å². The molecule has 0 bridgehead atoms. The number of nitro groups is 1. The molecule has 0 amide bonds. The molecular weight excluding hydrogens is 296 g/mol. The standard InChI is InChI=1S/C13H19BrN2O2/c1-9-7-11(15-6-5-13(2,3)4)10(14)8-12(9)16(17)18/h7-8,15H,5-6H2,1-4H3. The molecule has 0 aliphatic carbocycles. The number of anilines is 1. The quantitative estimate of drug-likeness (QED) is 0.657. The molecule has 0 saturated heterocycles. The zero-order chi connectivity index (χ0) is 13.9. The monoisotopic (exact) mass is 314 g/mol. The SMILES string of the molecule is Cc1cc(NCCC(C)(C)C)c(Br)cc1[N+](=O)[O-]. The number of nitrogens with one attached hydrogen (secondary N) is 1. The van der Waals surface area contributed by atoms with Crippen LogP contribution in [0.15, 0.2) is 16.6 Å². The van der Waals surface area contributed by atoms with Crippen LogP contribution < -0.4 is 5.32 Å². The highest BCUT2D eigenvalue weighted by Crippen LogP contribution is 2.31. The number of aryl methyl sites for hydroxylation is 1. The van der Waals surface area contributed by atoms with Crippen LogP contribution in [0, 0.1) is 22.5 Å². The van der Waals surface area contributed by atoms with E-state index in [1.54, 1.807) is 13.0 Å². The van der Waals surface area contributed by atoms with E-state index >= 15 is 0 Å². The van der Waals surface area contributed by atoms with Crippen molar-refractivity contribution in [3.63, 3.8) is 0 Å². The normalized spacial score (nSPS) is 11.4. The van der Waals surface area contributed by atoms with Crippen LogP contribution in [-0.4, -0.2) is 11.5 Å². The van der Waals surface area contributed by atoms with E-state index in [1.165, 1.54) is 0 Å². The Morgan fingerprint density at radius 2 is 2.00 bits per heavy atom. The molecule has 18 heavy (non-hydrogen) atoms. The van der Waals surface area contributed by atoms with Crippen LogP contribution in [-0.2, 0) is 0 Å². The Bertz CT molecular complexity index is 453. The summed E-state index contributed by atoms with van der Waals surface area (Å²) in [6, 6.07) is 3.36. The Morgan fingerprint density at radius 1 is 1.39 bits per heavy atom. The number of nitro benzene ring substituents is 1. The molecular formula is C13H19BrN2O2. The summed E-state index contributed by atoms with van der Waals surface area (Å²) < 4.78 is 0.730. The molecule has 0 radical (unpaired) electrons. The number of hydrogen-bond acceptors (Lipinski definition) is 3. The van der Waals surface area contributed by atoms with Gasteiger partial charge in [-0.25, -0.2) is 0 Å². The summed E-state index contributed by atoms with van der Waals surface area (Å²) >= 11 is 3.36. The third-order valence-corrected chi connectivity index (χ3v) is 3.33. The molecule has 0 fully saturated rings. The van der Waals surface area contributed by atoms with Gasteiger partial charge in [0.25, 0.3) is 5.69 Å². The molecule has 0 atom stereocenters. The lowest BCUT2D eigenvalue weighted by Gasteiger charge is -2.19. The van der Waals surface area contributed by atoms with Crippen LogP contribution in [0.4, 0.5) is 11.4 Å². The molecule has 0 heterocycles. The van der Waals surface area contributed by atoms with Gasteiger partial charge in [0.15, 0.2) is 0 Å². The van der Waals surface area contributed by atoms with Gasteiger partial charge in [-0.1, -0.05) is 20.8 Å². The van der Waals surface area contributed by atoms with Crippen molar-refractivity contribution in [1.82, 2.24) is 0 Å². The molecule has 1 aromatic rings. The van der Waals surface area contributed by atoms with E-state index in [0.29, 0.717) is 5.56 Å². The van der Waals surface area contributed by atoms with E-state index < -0.39 is 0 Å². The average molecular weight is 315 g/mol. The number of halogens is 1. The van der Waals surface area contributed by atoms with Gasteiger partial charge < -0.3 is 5.32 Å². The molecule has 100 valence electrons. The molecule has 0 aliphatic heterocycles. The third-order valence-electron chi connectivity index (χ3n) is 2.67. The Balaban J connectivity index is 2.79. The lowest BCUT2D eigenvalue weighted by molar-refractivity contribution is -0.385. The number of benzene rings is 1. The maximum Gasteiger partial charge on any atom is 0.273 e. The highest BCUT2D eigenvalue weighted by atomic mass is 79.9. The second-order valence-electron chi connectivity index (χ2n) is 5.61. The largest absolute Gasteiger partial charge is 0.384 e. The van der Waals surface area contributed by atoms with Crippen LogP contribution in [0.1, 0.15) is 32.8 Å².